The van der Waals surface area contributed by atoms with Crippen LogP contribution in [0.4, 0.5) is 0 Å². The normalized spacial score (nSPS) is 13.2. The number of nitrogens with zero attached hydrogens (tertiary/aromatic N) is 1. The van der Waals surface area contributed by atoms with Crippen LogP contribution in [0.5, 0.6) is 0 Å². The van der Waals surface area contributed by atoms with Gasteiger partial charge in [0.1, 0.15) is 0 Å². The van der Waals surface area contributed by atoms with Crippen LogP contribution in [0.25, 0.3) is 11.3 Å². The number of aliphatic hydroxyl groups excluding tert-OH is 1. The van der Waals surface area contributed by atoms with E-state index in [0.29, 0.717) is 11.4 Å². The van der Waals surface area contributed by atoms with Gasteiger partial charge in [-0.25, -0.2) is 8.42 Å². The van der Waals surface area contributed by atoms with Crippen molar-refractivity contribution in [1.82, 2.24) is 4.98 Å². The lowest BCUT2D eigenvalue weighted by atomic mass is 10.1. The monoisotopic (exact) mass is 277 g/mol. The van der Waals surface area contributed by atoms with Crippen LogP contribution in [-0.2, 0) is 9.84 Å². The zero-order chi connectivity index (χ0) is 14.0. The molecule has 1 aromatic heterocycles. The SMILES string of the molecule is C[C@@H](O)c1cccc(-c2ccc(S(C)(=O)=O)cc2)n1. The Morgan fingerprint density at radius 2 is 1.74 bits per heavy atom. The molecule has 0 saturated heterocycles. The van der Waals surface area contributed by atoms with E-state index in [0.717, 1.165) is 5.56 Å². The van der Waals surface area contributed by atoms with Crippen LogP contribution in [-0.4, -0.2) is 24.8 Å². The summed E-state index contributed by atoms with van der Waals surface area (Å²) < 4.78 is 22.8. The van der Waals surface area contributed by atoms with Gasteiger partial charge in [-0.1, -0.05) is 18.2 Å². The maximum Gasteiger partial charge on any atom is 0.175 e. The van der Waals surface area contributed by atoms with Crippen molar-refractivity contribution in [2.75, 3.05) is 6.26 Å². The summed E-state index contributed by atoms with van der Waals surface area (Å²) in [6, 6.07) is 11.9. The third-order valence-corrected chi connectivity index (χ3v) is 3.91. The third-order valence-electron chi connectivity index (χ3n) is 2.78. The minimum absolute atomic E-state index is 0.280. The maximum atomic E-state index is 11.4. The Hall–Kier alpha value is -1.72. The van der Waals surface area contributed by atoms with E-state index in [1.165, 1.54) is 6.26 Å². The molecular weight excluding hydrogens is 262 g/mol. The molecule has 1 atom stereocenters. The second-order valence-electron chi connectivity index (χ2n) is 4.42. The molecule has 2 rings (SSSR count). The molecule has 0 aliphatic heterocycles. The summed E-state index contributed by atoms with van der Waals surface area (Å²) in [6.07, 6.45) is 0.546. The summed E-state index contributed by atoms with van der Waals surface area (Å²) in [5.41, 5.74) is 2.11. The minimum Gasteiger partial charge on any atom is -0.387 e. The van der Waals surface area contributed by atoms with Crippen LogP contribution in [0.3, 0.4) is 0 Å². The van der Waals surface area contributed by atoms with E-state index < -0.39 is 15.9 Å². The number of benzene rings is 1. The molecular formula is C14H15NO3S. The standard InChI is InChI=1S/C14H15NO3S/c1-10(16)13-4-3-5-14(15-13)11-6-8-12(9-7-11)19(2,17)18/h3-10,16H,1-2H3/t10-/m1/s1. The molecule has 2 aromatic rings. The van der Waals surface area contributed by atoms with E-state index in [1.807, 2.05) is 12.1 Å². The van der Waals surface area contributed by atoms with Gasteiger partial charge in [0, 0.05) is 11.8 Å². The molecule has 1 aromatic carbocycles. The summed E-state index contributed by atoms with van der Waals surface area (Å²) in [7, 11) is -3.18. The van der Waals surface area contributed by atoms with Gasteiger partial charge in [0.25, 0.3) is 0 Å². The predicted octanol–water partition coefficient (Wildman–Crippen LogP) is 2.21. The first-order chi connectivity index (χ1) is 8.88. The smallest absolute Gasteiger partial charge is 0.175 e. The fourth-order valence-corrected chi connectivity index (χ4v) is 2.35. The lowest BCUT2D eigenvalue weighted by molar-refractivity contribution is 0.194. The van der Waals surface area contributed by atoms with Gasteiger partial charge in [-0.05, 0) is 31.2 Å². The van der Waals surface area contributed by atoms with Gasteiger partial charge in [-0.3, -0.25) is 4.98 Å². The first-order valence-corrected chi connectivity index (χ1v) is 7.72. The molecule has 0 radical (unpaired) electrons. The Morgan fingerprint density at radius 1 is 1.11 bits per heavy atom. The second-order valence-corrected chi connectivity index (χ2v) is 6.44. The number of rotatable bonds is 3. The predicted molar refractivity (Wildman–Crippen MR) is 73.4 cm³/mol. The highest BCUT2D eigenvalue weighted by atomic mass is 32.2. The summed E-state index contributed by atoms with van der Waals surface area (Å²) in [5, 5.41) is 9.50. The van der Waals surface area contributed by atoms with Crippen LogP contribution in [0, 0.1) is 0 Å². The molecule has 0 bridgehead atoms. The van der Waals surface area contributed by atoms with Crippen molar-refractivity contribution >= 4 is 9.84 Å². The summed E-state index contributed by atoms with van der Waals surface area (Å²) >= 11 is 0. The summed E-state index contributed by atoms with van der Waals surface area (Å²) in [4.78, 5) is 4.62. The number of aliphatic hydroxyl groups is 1. The fraction of sp³-hybridized carbons (Fsp3) is 0.214. The summed E-state index contributed by atoms with van der Waals surface area (Å²) in [5.74, 6) is 0. The van der Waals surface area contributed by atoms with Gasteiger partial charge in [-0.2, -0.15) is 0 Å². The van der Waals surface area contributed by atoms with Crippen LogP contribution in [0.15, 0.2) is 47.4 Å². The second kappa shape index (κ2) is 5.11. The molecule has 5 heteroatoms. The fourth-order valence-electron chi connectivity index (χ4n) is 1.72. The Morgan fingerprint density at radius 3 is 2.26 bits per heavy atom. The molecule has 0 amide bonds. The first kappa shape index (κ1) is 13.7. The average molecular weight is 277 g/mol. The van der Waals surface area contributed by atoms with Gasteiger partial charge in [0.05, 0.1) is 22.4 Å². The lowest BCUT2D eigenvalue weighted by Gasteiger charge is -2.07. The van der Waals surface area contributed by atoms with Gasteiger partial charge in [0.2, 0.25) is 0 Å². The van der Waals surface area contributed by atoms with Gasteiger partial charge in [0.15, 0.2) is 9.84 Å². The zero-order valence-corrected chi connectivity index (χ0v) is 11.6. The molecule has 1 N–H and O–H groups in total. The van der Waals surface area contributed by atoms with E-state index in [2.05, 4.69) is 4.98 Å². The Labute approximate surface area is 112 Å². The number of hydrogen-bond acceptors (Lipinski definition) is 4. The van der Waals surface area contributed by atoms with Crippen molar-refractivity contribution in [1.29, 1.82) is 0 Å². The number of hydrogen-bond donors (Lipinski definition) is 1. The van der Waals surface area contributed by atoms with Gasteiger partial charge < -0.3 is 5.11 Å². The lowest BCUT2D eigenvalue weighted by Crippen LogP contribution is -1.98. The van der Waals surface area contributed by atoms with Crippen molar-refractivity contribution in [3.63, 3.8) is 0 Å². The zero-order valence-electron chi connectivity index (χ0n) is 10.7. The Kier molecular flexibility index (Phi) is 3.68. The van der Waals surface area contributed by atoms with Crippen molar-refractivity contribution in [2.45, 2.75) is 17.9 Å². The third kappa shape index (κ3) is 3.19. The molecule has 100 valence electrons. The van der Waals surface area contributed by atoms with Crippen LogP contribution in [0.1, 0.15) is 18.7 Å². The number of pyridine rings is 1. The molecule has 0 aliphatic rings. The van der Waals surface area contributed by atoms with E-state index >= 15 is 0 Å². The van der Waals surface area contributed by atoms with Crippen molar-refractivity contribution in [3.8, 4) is 11.3 Å². The highest BCUT2D eigenvalue weighted by Gasteiger charge is 2.08. The van der Waals surface area contributed by atoms with E-state index in [4.69, 9.17) is 0 Å². The molecule has 0 aliphatic carbocycles. The highest BCUT2D eigenvalue weighted by Crippen LogP contribution is 2.21. The molecule has 4 nitrogen and oxygen atoms in total. The number of aromatic nitrogens is 1. The quantitative estimate of drug-likeness (QED) is 0.934. The largest absolute Gasteiger partial charge is 0.387 e. The van der Waals surface area contributed by atoms with Crippen LogP contribution < -0.4 is 0 Å². The maximum absolute atomic E-state index is 11.4. The van der Waals surface area contributed by atoms with Crippen molar-refractivity contribution < 1.29 is 13.5 Å². The van der Waals surface area contributed by atoms with E-state index in [1.54, 1.807) is 37.3 Å². The Balaban J connectivity index is 2.40. The first-order valence-electron chi connectivity index (χ1n) is 5.83. The van der Waals surface area contributed by atoms with E-state index in [-0.39, 0.29) is 4.90 Å². The number of sulfone groups is 1. The van der Waals surface area contributed by atoms with Crippen molar-refractivity contribution in [2.24, 2.45) is 0 Å². The van der Waals surface area contributed by atoms with Gasteiger partial charge >= 0.3 is 0 Å². The minimum atomic E-state index is -3.18. The topological polar surface area (TPSA) is 67.3 Å². The molecule has 0 spiro atoms. The molecule has 0 unspecified atom stereocenters. The summed E-state index contributed by atoms with van der Waals surface area (Å²) in [6.45, 7) is 1.65. The van der Waals surface area contributed by atoms with Crippen LogP contribution >= 0.6 is 0 Å². The Bertz CT molecular complexity index is 676. The van der Waals surface area contributed by atoms with Crippen molar-refractivity contribution in [3.05, 3.63) is 48.2 Å². The average Bonchev–Trinajstić information content (AvgIpc) is 2.38. The molecule has 1 heterocycles. The van der Waals surface area contributed by atoms with E-state index in [9.17, 15) is 13.5 Å². The van der Waals surface area contributed by atoms with Crippen LogP contribution in [0.2, 0.25) is 0 Å². The van der Waals surface area contributed by atoms with Gasteiger partial charge in [-0.15, -0.1) is 0 Å². The molecule has 0 saturated carbocycles. The molecule has 19 heavy (non-hydrogen) atoms. The molecule has 0 fully saturated rings. The highest BCUT2D eigenvalue weighted by molar-refractivity contribution is 7.90.